The van der Waals surface area contributed by atoms with E-state index in [0.29, 0.717) is 17.3 Å². The molecule has 0 bridgehead atoms. The molecule has 0 unspecified atom stereocenters. The molecule has 1 N–H and O–H groups in total. The van der Waals surface area contributed by atoms with Gasteiger partial charge in [0.05, 0.1) is 19.2 Å². The zero-order valence-corrected chi connectivity index (χ0v) is 20.8. The van der Waals surface area contributed by atoms with Crippen molar-refractivity contribution in [3.8, 4) is 17.4 Å². The van der Waals surface area contributed by atoms with E-state index in [0.717, 1.165) is 6.42 Å². The number of aryl methyl sites for hydroxylation is 1. The van der Waals surface area contributed by atoms with Gasteiger partial charge in [-0.25, -0.2) is 18.4 Å². The highest BCUT2D eigenvalue weighted by Crippen LogP contribution is 2.33. The Labute approximate surface area is 201 Å². The lowest BCUT2D eigenvalue weighted by Gasteiger charge is -2.22. The number of aromatic nitrogens is 7. The van der Waals surface area contributed by atoms with Crippen molar-refractivity contribution >= 4 is 27.6 Å². The van der Waals surface area contributed by atoms with Crippen LogP contribution in [0.4, 0.5) is 5.95 Å². The number of rotatable bonds is 11. The molecule has 0 saturated carbocycles. The lowest BCUT2D eigenvalue weighted by molar-refractivity contribution is 0.0950. The topological polar surface area (TPSA) is 156 Å². The Bertz CT molecular complexity index is 1200. The third-order valence-corrected chi connectivity index (χ3v) is 6.76. The van der Waals surface area contributed by atoms with E-state index in [1.54, 1.807) is 0 Å². The molecule has 184 valence electrons. The molecule has 3 rings (SSSR count). The summed E-state index contributed by atoms with van der Waals surface area (Å²) < 4.78 is 46.8. The molecule has 2 atom stereocenters. The summed E-state index contributed by atoms with van der Waals surface area (Å²) in [5.41, 5.74) is 0.260. The van der Waals surface area contributed by atoms with Crippen molar-refractivity contribution in [2.75, 3.05) is 26.1 Å². The average Bonchev–Trinajstić information content (AvgIpc) is 3.21. The maximum absolute atomic E-state index is 13.4. The first-order valence-corrected chi connectivity index (χ1v) is 12.1. The number of methoxy groups -OCH3 is 3. The second-order valence-corrected chi connectivity index (χ2v) is 9.51. The van der Waals surface area contributed by atoms with Gasteiger partial charge in [-0.1, -0.05) is 18.5 Å². The van der Waals surface area contributed by atoms with Gasteiger partial charge in [-0.3, -0.25) is 9.29 Å². The summed E-state index contributed by atoms with van der Waals surface area (Å²) >= 11 is 5.84. The molecule has 0 aliphatic heterocycles. The summed E-state index contributed by atoms with van der Waals surface area (Å²) in [5.74, 6) is 0.846. The fourth-order valence-corrected chi connectivity index (χ4v) is 4.43. The lowest BCUT2D eigenvalue weighted by Crippen LogP contribution is -2.33. The van der Waals surface area contributed by atoms with E-state index in [2.05, 4.69) is 34.9 Å². The summed E-state index contributed by atoms with van der Waals surface area (Å²) in [4.78, 5) is 16.4. The number of ether oxygens (including phenoxy) is 3. The van der Waals surface area contributed by atoms with Crippen LogP contribution in [-0.4, -0.2) is 69.7 Å². The highest BCUT2D eigenvalue weighted by Gasteiger charge is 2.35. The monoisotopic (exact) mass is 512 g/mol. The molecule has 34 heavy (non-hydrogen) atoms. The lowest BCUT2D eigenvalue weighted by atomic mass is 10.2. The van der Waals surface area contributed by atoms with Gasteiger partial charge in [0, 0.05) is 25.9 Å². The minimum atomic E-state index is -4.09. The third kappa shape index (κ3) is 5.18. The summed E-state index contributed by atoms with van der Waals surface area (Å²) in [5, 5.41) is 7.42. The molecule has 3 heterocycles. The first-order valence-electron chi connectivity index (χ1n) is 10.2. The van der Waals surface area contributed by atoms with Crippen LogP contribution in [0.5, 0.6) is 11.8 Å². The first kappa shape index (κ1) is 25.5. The molecule has 0 aromatic carbocycles. The average molecular weight is 513 g/mol. The Hall–Kier alpha value is -3.10. The predicted molar refractivity (Wildman–Crippen MR) is 123 cm³/mol. The predicted octanol–water partition coefficient (Wildman–Crippen LogP) is 1.99. The Kier molecular flexibility index (Phi) is 8.17. The molecule has 0 saturated heterocycles. The molecule has 15 heteroatoms. The van der Waals surface area contributed by atoms with Crippen LogP contribution in [0.25, 0.3) is 5.69 Å². The SMILES string of the molecule is CCCc1nnc(NS(=O)(=O)[C@@H](C)[C@H](OC)c2ncc(Cl)cn2)n1-c1c(OC)ncnc1OC. The van der Waals surface area contributed by atoms with Crippen molar-refractivity contribution in [2.24, 2.45) is 0 Å². The van der Waals surface area contributed by atoms with E-state index >= 15 is 0 Å². The molecule has 3 aromatic heterocycles. The summed E-state index contributed by atoms with van der Waals surface area (Å²) in [6.07, 6.45) is 4.23. The van der Waals surface area contributed by atoms with Gasteiger partial charge in [-0.2, -0.15) is 9.97 Å². The number of nitrogens with one attached hydrogen (secondary N) is 1. The Morgan fingerprint density at radius 3 is 2.21 bits per heavy atom. The molecule has 0 fully saturated rings. The smallest absolute Gasteiger partial charge is 0.245 e. The summed E-state index contributed by atoms with van der Waals surface area (Å²) in [7, 11) is 0.135. The van der Waals surface area contributed by atoms with Gasteiger partial charge in [0.15, 0.2) is 11.5 Å². The van der Waals surface area contributed by atoms with E-state index in [9.17, 15) is 8.42 Å². The fourth-order valence-electron chi connectivity index (χ4n) is 3.20. The van der Waals surface area contributed by atoms with E-state index in [1.807, 2.05) is 6.92 Å². The van der Waals surface area contributed by atoms with Crippen LogP contribution in [-0.2, 0) is 21.2 Å². The first-order chi connectivity index (χ1) is 16.3. The van der Waals surface area contributed by atoms with E-state index < -0.39 is 21.4 Å². The number of hydrogen-bond acceptors (Lipinski definition) is 11. The quantitative estimate of drug-likeness (QED) is 0.400. The number of halogens is 1. The second-order valence-electron chi connectivity index (χ2n) is 7.03. The minimum Gasteiger partial charge on any atom is -0.479 e. The zero-order chi connectivity index (χ0) is 24.9. The summed E-state index contributed by atoms with van der Waals surface area (Å²) in [6.45, 7) is 3.42. The highest BCUT2D eigenvalue weighted by molar-refractivity contribution is 7.93. The van der Waals surface area contributed by atoms with Crippen molar-refractivity contribution < 1.29 is 22.6 Å². The van der Waals surface area contributed by atoms with Gasteiger partial charge in [0.25, 0.3) is 0 Å². The van der Waals surface area contributed by atoms with Crippen LogP contribution in [0.15, 0.2) is 18.7 Å². The van der Waals surface area contributed by atoms with Gasteiger partial charge >= 0.3 is 0 Å². The van der Waals surface area contributed by atoms with Crippen molar-refractivity contribution in [2.45, 2.75) is 38.0 Å². The Morgan fingerprint density at radius 2 is 1.68 bits per heavy atom. The van der Waals surface area contributed by atoms with Crippen LogP contribution in [0, 0.1) is 0 Å². The van der Waals surface area contributed by atoms with Gasteiger partial charge < -0.3 is 14.2 Å². The van der Waals surface area contributed by atoms with Crippen LogP contribution in [0.3, 0.4) is 0 Å². The third-order valence-electron chi connectivity index (χ3n) is 4.87. The van der Waals surface area contributed by atoms with Gasteiger partial charge in [-0.05, 0) is 13.3 Å². The van der Waals surface area contributed by atoms with Gasteiger partial charge in [-0.15, -0.1) is 10.2 Å². The minimum absolute atomic E-state index is 0.0893. The van der Waals surface area contributed by atoms with Crippen molar-refractivity contribution in [3.63, 3.8) is 0 Å². The molecule has 0 aliphatic carbocycles. The van der Waals surface area contributed by atoms with Crippen LogP contribution in [0.1, 0.15) is 38.0 Å². The normalized spacial score (nSPS) is 13.4. The highest BCUT2D eigenvalue weighted by atomic mass is 35.5. The number of hydrogen-bond donors (Lipinski definition) is 1. The molecule has 0 amide bonds. The standard InChI is InChI=1S/C19H25ClN8O5S/c1-6-7-13-25-26-19(28(13)14-17(32-4)23-10-24-18(14)33-5)27-34(29,30)11(2)15(31-3)16-21-8-12(20)9-22-16/h8-11,15H,6-7H2,1-5H3,(H,26,27)/t11-,15-/m0/s1. The molecule has 13 nitrogen and oxygen atoms in total. The van der Waals surface area contributed by atoms with Crippen molar-refractivity contribution in [1.82, 2.24) is 34.7 Å². The molecule has 0 spiro atoms. The molecular weight excluding hydrogens is 488 g/mol. The van der Waals surface area contributed by atoms with Gasteiger partial charge in [0.2, 0.25) is 27.7 Å². The van der Waals surface area contributed by atoms with Crippen LogP contribution < -0.4 is 14.2 Å². The zero-order valence-electron chi connectivity index (χ0n) is 19.3. The fraction of sp³-hybridized carbons (Fsp3) is 0.474. The van der Waals surface area contributed by atoms with E-state index in [4.69, 9.17) is 25.8 Å². The second kappa shape index (κ2) is 10.9. The molecule has 0 radical (unpaired) electrons. The number of sulfonamides is 1. The number of anilines is 1. The van der Waals surface area contributed by atoms with E-state index in [1.165, 1.54) is 51.5 Å². The molecule has 3 aromatic rings. The largest absolute Gasteiger partial charge is 0.479 e. The van der Waals surface area contributed by atoms with Crippen LogP contribution >= 0.6 is 11.6 Å². The Morgan fingerprint density at radius 1 is 1.06 bits per heavy atom. The van der Waals surface area contributed by atoms with E-state index in [-0.39, 0.29) is 29.2 Å². The van der Waals surface area contributed by atoms with Crippen molar-refractivity contribution in [1.29, 1.82) is 0 Å². The Balaban J connectivity index is 2.05. The summed E-state index contributed by atoms with van der Waals surface area (Å²) in [6, 6.07) is 0. The van der Waals surface area contributed by atoms with Gasteiger partial charge in [0.1, 0.15) is 23.5 Å². The molecule has 0 aliphatic rings. The molecular formula is C19H25ClN8O5S. The number of nitrogens with zero attached hydrogens (tertiary/aromatic N) is 7. The maximum Gasteiger partial charge on any atom is 0.245 e. The van der Waals surface area contributed by atoms with Crippen LogP contribution in [0.2, 0.25) is 5.02 Å². The maximum atomic E-state index is 13.4. The van der Waals surface area contributed by atoms with Crippen molar-refractivity contribution in [3.05, 3.63) is 35.4 Å².